The number of carbonyl (C=O) groups is 5. The topological polar surface area (TPSA) is 260 Å². The highest BCUT2D eigenvalue weighted by Gasteiger charge is 2.73. The average molecular weight is 1580 g/mol. The van der Waals surface area contributed by atoms with Crippen molar-refractivity contribution in [1.29, 1.82) is 0 Å². The third kappa shape index (κ3) is 19.3. The van der Waals surface area contributed by atoms with E-state index in [1.807, 2.05) is 66.1 Å². The third-order valence-electron chi connectivity index (χ3n) is 22.3. The number of halogens is 6. The van der Waals surface area contributed by atoms with Crippen molar-refractivity contribution in [2.75, 3.05) is 81.9 Å². The minimum absolute atomic E-state index is 0.0391. The van der Waals surface area contributed by atoms with Crippen LogP contribution in [0.3, 0.4) is 0 Å². The number of hydrogen-bond donors (Lipinski definition) is 6. The molecule has 5 aliphatic carbocycles. The van der Waals surface area contributed by atoms with Crippen molar-refractivity contribution < 1.29 is 72.3 Å². The molecule has 0 radical (unpaired) electrons. The van der Waals surface area contributed by atoms with Crippen molar-refractivity contribution in [3.05, 3.63) is 131 Å². The molecule has 0 unspecified atom stereocenters. The Kier molecular flexibility index (Phi) is 25.1. The van der Waals surface area contributed by atoms with Gasteiger partial charge >= 0.3 is 5.51 Å². The van der Waals surface area contributed by atoms with Crippen molar-refractivity contribution in [2.24, 2.45) is 21.7 Å². The summed E-state index contributed by atoms with van der Waals surface area (Å²) >= 11 is 2.86. The minimum atomic E-state index is -6.20. The summed E-state index contributed by atoms with van der Waals surface area (Å²) in [5.74, 6) is -3.36. The van der Waals surface area contributed by atoms with E-state index in [1.54, 1.807) is 50.5 Å². The van der Waals surface area contributed by atoms with Gasteiger partial charge in [-0.25, -0.2) is 39.7 Å². The largest absolute Gasteiger partial charge is 0.501 e. The molecule has 5 atom stereocenters. The summed E-state index contributed by atoms with van der Waals surface area (Å²) in [4.78, 5) is 80.6. The molecule has 4 saturated carbocycles. The standard InChI is InChI=1S/C78H100F6N10O10S4/c1-50-66(106-49-86-50)52-19-17-51(18-20-52)62(88-69(98)63-39-57(95)44-94(63)70(99)67(73(2,3)4)89-72(100)77(81)30-31-77)41-65(96)85-32-13-8-9-14-33-91(7)34-28-55(45-105-58-15-11-10-12-16-58)87-61-26-25-59(40-64(61)107(101,102)78(82,83)84)108(103,104)90-68(97)53-21-23-56(24-22-53)93-37-35-92(36-38-93)43-54-27-29-74(5,6)42-60(54)75-46-76(47-75,48-75)71(79)80/h10-12,15-26,40,49,55,57,62-63,67,71,87,95H,8-9,13-14,27-39,41-48H2,1-7H3,(H,85,96)(H,88,98)(H,89,100)(H,90,97)/t55-,57-,62+,63+,67-,75?,76?/m1/s1. The number of nitrogens with zero attached hydrogens (tertiary/aromatic N) is 5. The zero-order valence-corrected chi connectivity index (χ0v) is 65.5. The van der Waals surface area contributed by atoms with Gasteiger partial charge in [-0.1, -0.05) is 101 Å². The summed E-state index contributed by atoms with van der Waals surface area (Å²) in [6.07, 6.45) is 4.20. The molecule has 4 aromatic carbocycles. The van der Waals surface area contributed by atoms with E-state index in [1.165, 1.54) is 51.3 Å². The Hall–Kier alpha value is -7.09. The van der Waals surface area contributed by atoms with Gasteiger partial charge in [-0.3, -0.25) is 28.9 Å². The van der Waals surface area contributed by atoms with Crippen LogP contribution < -0.4 is 30.9 Å². The molecule has 20 nitrogen and oxygen atoms in total. The summed E-state index contributed by atoms with van der Waals surface area (Å²) in [5, 5.41) is 22.4. The number of aryl methyl sites for hydroxylation is 1. The molecule has 2 bridgehead atoms. The number of amides is 5. The first-order chi connectivity index (χ1) is 50.9. The zero-order valence-electron chi connectivity index (χ0n) is 62.2. The Labute approximate surface area is 637 Å². The third-order valence-corrected chi connectivity index (χ3v) is 27.3. The molecule has 30 heteroatoms. The number of thiazole rings is 1. The van der Waals surface area contributed by atoms with E-state index in [0.29, 0.717) is 76.5 Å². The summed E-state index contributed by atoms with van der Waals surface area (Å²) in [6.45, 7) is 16.3. The van der Waals surface area contributed by atoms with Crippen LogP contribution in [0.5, 0.6) is 0 Å². The van der Waals surface area contributed by atoms with E-state index < -0.39 is 118 Å². The molecular formula is C78H100F6N10O10S4. The summed E-state index contributed by atoms with van der Waals surface area (Å²) in [5.41, 5.74) is -2.47. The maximum Gasteiger partial charge on any atom is 0.501 e. The van der Waals surface area contributed by atoms with E-state index in [4.69, 9.17) is 0 Å². The van der Waals surface area contributed by atoms with Crippen LogP contribution in [-0.4, -0.2) is 185 Å². The molecule has 12 rings (SSSR count). The van der Waals surface area contributed by atoms with E-state index in [9.17, 15) is 72.3 Å². The first-order valence-electron chi connectivity index (χ1n) is 37.2. The van der Waals surface area contributed by atoms with Crippen LogP contribution in [0.1, 0.15) is 159 Å². The van der Waals surface area contributed by atoms with Gasteiger partial charge < -0.3 is 41.1 Å². The number of anilines is 2. The van der Waals surface area contributed by atoms with Crippen LogP contribution in [0.25, 0.3) is 10.4 Å². The highest BCUT2D eigenvalue weighted by Crippen LogP contribution is 2.79. The number of hydrogen-bond acceptors (Lipinski definition) is 17. The van der Waals surface area contributed by atoms with Gasteiger partial charge in [0.25, 0.3) is 31.7 Å². The molecule has 588 valence electrons. The monoisotopic (exact) mass is 1580 g/mol. The van der Waals surface area contributed by atoms with E-state index in [2.05, 4.69) is 49.9 Å². The van der Waals surface area contributed by atoms with Gasteiger partial charge in [0.1, 0.15) is 17.0 Å². The molecule has 3 heterocycles. The second-order valence-corrected chi connectivity index (χ2v) is 37.9. The maximum absolute atomic E-state index is 14.9. The second kappa shape index (κ2) is 33.1. The van der Waals surface area contributed by atoms with E-state index >= 15 is 0 Å². The van der Waals surface area contributed by atoms with Gasteiger partial charge in [0.05, 0.1) is 45.2 Å². The number of alkyl halides is 6. The molecular weight excluding hydrogens is 1480 g/mol. The number of aliphatic hydroxyl groups is 1. The number of aromatic nitrogens is 1. The molecule has 7 aliphatic rings. The Morgan fingerprint density at radius 3 is 2.14 bits per heavy atom. The molecule has 5 amide bonds. The van der Waals surface area contributed by atoms with E-state index in [-0.39, 0.29) is 60.3 Å². The van der Waals surface area contributed by atoms with Crippen molar-refractivity contribution in [2.45, 2.75) is 200 Å². The number of thioether (sulfide) groups is 1. The van der Waals surface area contributed by atoms with Crippen LogP contribution in [0.2, 0.25) is 0 Å². The predicted molar refractivity (Wildman–Crippen MR) is 405 cm³/mol. The van der Waals surface area contributed by atoms with Crippen molar-refractivity contribution in [1.82, 2.24) is 40.4 Å². The number of benzene rings is 4. The van der Waals surface area contributed by atoms with Gasteiger partial charge in [0.2, 0.25) is 24.1 Å². The predicted octanol–water partition coefficient (Wildman–Crippen LogP) is 12.4. The Bertz CT molecular complexity index is 4320. The number of sulfone groups is 1. The molecule has 1 aromatic heterocycles. The number of piperazine rings is 1. The van der Waals surface area contributed by atoms with Crippen LogP contribution in [0.15, 0.2) is 128 Å². The average Bonchev–Trinajstić information content (AvgIpc) is 0.798. The molecule has 2 aliphatic heterocycles. The number of carbonyl (C=O) groups excluding carboxylic acids is 5. The highest BCUT2D eigenvalue weighted by atomic mass is 32.2. The number of allylic oxidation sites excluding steroid dienone is 1. The van der Waals surface area contributed by atoms with Crippen LogP contribution in [0.4, 0.5) is 37.7 Å². The fraction of sp³-hybridized carbons (Fsp3) is 0.564. The fourth-order valence-electron chi connectivity index (χ4n) is 15.8. The number of rotatable bonds is 33. The van der Waals surface area contributed by atoms with Crippen molar-refractivity contribution in [3.63, 3.8) is 0 Å². The SMILES string of the molecule is Cc1ncsc1-c1ccc([C@H](CC(=O)NCCCCCCN(C)CC[C@H](CSc2ccccc2)Nc2ccc(S(=O)(=O)NC(=O)c3ccc(N4CCN(CC5=C(C67CC(C(F)F)(C6)C7)CC(C)(C)CC5)CC4)cc3)cc2S(=O)(=O)C(F)(F)F)NC(=O)[C@@H]2C[C@@H](O)CN2C(=O)[C@@H](NC(=O)C2(F)CC2)C(C)(C)C)cc1. The van der Waals surface area contributed by atoms with E-state index in [0.717, 1.165) is 97.0 Å². The lowest BCUT2D eigenvalue weighted by molar-refractivity contribution is -0.250. The number of unbranched alkanes of at least 4 members (excludes halogenated alkanes) is 3. The lowest BCUT2D eigenvalue weighted by Crippen LogP contribution is -2.66. The first-order valence-corrected chi connectivity index (χ1v) is 42.0. The molecule has 108 heavy (non-hydrogen) atoms. The Morgan fingerprint density at radius 1 is 0.833 bits per heavy atom. The smallest absolute Gasteiger partial charge is 0.391 e. The number of aliphatic hydroxyl groups excluding tert-OH is 1. The lowest BCUT2D eigenvalue weighted by Gasteiger charge is -2.72. The zero-order chi connectivity index (χ0) is 77.9. The van der Waals surface area contributed by atoms with Crippen molar-refractivity contribution >= 4 is 83.9 Å². The normalized spacial score (nSPS) is 22.2. The fourth-order valence-corrected chi connectivity index (χ4v) is 19.6. The van der Waals surface area contributed by atoms with Gasteiger partial charge in [-0.15, -0.1) is 23.1 Å². The molecule has 0 spiro atoms. The number of nitrogens with one attached hydrogen (secondary N) is 5. The summed E-state index contributed by atoms with van der Waals surface area (Å²) in [7, 11) is -9.29. The van der Waals surface area contributed by atoms with Gasteiger partial charge in [0, 0.05) is 85.6 Å². The van der Waals surface area contributed by atoms with Crippen LogP contribution in [-0.2, 0) is 39.0 Å². The molecule has 2 saturated heterocycles. The number of β-amino-alcohol motifs (C(OH)–C–C–N with tert-alkyl or cyclic N) is 1. The minimum Gasteiger partial charge on any atom is -0.391 e. The quantitative estimate of drug-likeness (QED) is 0.00987. The van der Waals surface area contributed by atoms with Gasteiger partial charge in [0.15, 0.2) is 5.67 Å². The summed E-state index contributed by atoms with van der Waals surface area (Å²) < 4.78 is 143. The first kappa shape index (κ1) is 81.9. The summed E-state index contributed by atoms with van der Waals surface area (Å²) in [6, 6.07) is 21.2. The van der Waals surface area contributed by atoms with Crippen LogP contribution in [0, 0.1) is 28.6 Å². The van der Waals surface area contributed by atoms with Crippen molar-refractivity contribution in [3.8, 4) is 10.4 Å². The molecule has 5 aromatic rings. The molecule has 6 fully saturated rings. The Balaban J connectivity index is 0.668. The van der Waals surface area contributed by atoms with Gasteiger partial charge in [-0.2, -0.15) is 13.2 Å². The lowest BCUT2D eigenvalue weighted by atomic mass is 9.32. The van der Waals surface area contributed by atoms with Gasteiger partial charge in [-0.05, 0) is 180 Å². The van der Waals surface area contributed by atoms with Crippen LogP contribution >= 0.6 is 23.1 Å². The Morgan fingerprint density at radius 2 is 1.51 bits per heavy atom. The number of likely N-dealkylation sites (tertiary alicyclic amines) is 1. The maximum atomic E-state index is 14.9. The highest BCUT2D eigenvalue weighted by molar-refractivity contribution is 7.99. The second-order valence-electron chi connectivity index (χ2n) is 32.4. The number of sulfonamides is 1. The molecule has 6 N–H and O–H groups in total.